The van der Waals surface area contributed by atoms with Crippen molar-refractivity contribution in [3.8, 4) is 5.75 Å². The highest BCUT2D eigenvalue weighted by Crippen LogP contribution is 2.27. The van der Waals surface area contributed by atoms with Crippen molar-refractivity contribution < 1.29 is 13.9 Å². The fraction of sp³-hybridized carbons (Fsp3) is 0.263. The summed E-state index contributed by atoms with van der Waals surface area (Å²) in [6.45, 7) is 2.02. The van der Waals surface area contributed by atoms with E-state index in [4.69, 9.17) is 4.74 Å². The number of hydrogen-bond acceptors (Lipinski definition) is 4. The minimum Gasteiger partial charge on any atom is -0.484 e. The van der Waals surface area contributed by atoms with Crippen LogP contribution in [-0.2, 0) is 11.2 Å². The Morgan fingerprint density at radius 1 is 1.24 bits per heavy atom. The molecular weight excluding hydrogens is 339 g/mol. The molecule has 25 heavy (non-hydrogen) atoms. The number of hydrogen-bond donors (Lipinski definition) is 1. The van der Waals surface area contributed by atoms with Crippen molar-refractivity contribution in [2.75, 3.05) is 11.9 Å². The number of anilines is 1. The van der Waals surface area contributed by atoms with Crippen LogP contribution >= 0.6 is 11.3 Å². The lowest BCUT2D eigenvalue weighted by Crippen LogP contribution is -2.19. The first-order valence-electron chi connectivity index (χ1n) is 8.21. The zero-order valence-electron chi connectivity index (χ0n) is 13.9. The SMILES string of the molecule is CCCCc1ccc2nc(NC(=O)COc3ccc(F)cc3)sc2c1. The maximum Gasteiger partial charge on any atom is 0.264 e. The molecule has 0 saturated carbocycles. The number of carbonyl (C=O) groups excluding carboxylic acids is 1. The number of halogens is 1. The van der Waals surface area contributed by atoms with Crippen molar-refractivity contribution >= 4 is 32.6 Å². The topological polar surface area (TPSA) is 51.2 Å². The fourth-order valence-electron chi connectivity index (χ4n) is 2.39. The Balaban J connectivity index is 1.59. The maximum atomic E-state index is 12.8. The van der Waals surface area contributed by atoms with Gasteiger partial charge in [-0.25, -0.2) is 9.37 Å². The first-order chi connectivity index (χ1) is 12.1. The van der Waals surface area contributed by atoms with E-state index in [0.29, 0.717) is 10.9 Å². The van der Waals surface area contributed by atoms with E-state index in [1.165, 1.54) is 41.2 Å². The first-order valence-corrected chi connectivity index (χ1v) is 9.03. The summed E-state index contributed by atoms with van der Waals surface area (Å²) in [4.78, 5) is 16.4. The number of rotatable bonds is 7. The van der Waals surface area contributed by atoms with E-state index in [1.54, 1.807) is 0 Å². The van der Waals surface area contributed by atoms with Crippen LogP contribution in [-0.4, -0.2) is 17.5 Å². The van der Waals surface area contributed by atoms with Crippen molar-refractivity contribution in [3.05, 3.63) is 53.8 Å². The van der Waals surface area contributed by atoms with E-state index in [2.05, 4.69) is 29.4 Å². The van der Waals surface area contributed by atoms with E-state index < -0.39 is 0 Å². The van der Waals surface area contributed by atoms with Crippen LogP contribution in [0.1, 0.15) is 25.3 Å². The van der Waals surface area contributed by atoms with Crippen molar-refractivity contribution in [2.45, 2.75) is 26.2 Å². The molecule has 130 valence electrons. The van der Waals surface area contributed by atoms with Crippen LogP contribution in [0.5, 0.6) is 5.75 Å². The number of unbranched alkanes of at least 4 members (excludes halogenated alkanes) is 1. The van der Waals surface area contributed by atoms with E-state index in [-0.39, 0.29) is 18.3 Å². The second kappa shape index (κ2) is 8.07. The lowest BCUT2D eigenvalue weighted by atomic mass is 10.1. The molecule has 1 heterocycles. The van der Waals surface area contributed by atoms with Gasteiger partial charge in [-0.15, -0.1) is 0 Å². The molecule has 1 amide bonds. The van der Waals surface area contributed by atoms with Gasteiger partial charge in [-0.1, -0.05) is 30.7 Å². The fourth-order valence-corrected chi connectivity index (χ4v) is 3.34. The first kappa shape index (κ1) is 17.4. The average Bonchev–Trinajstić information content (AvgIpc) is 3.00. The molecule has 1 aromatic heterocycles. The number of aryl methyl sites for hydroxylation is 1. The summed E-state index contributed by atoms with van der Waals surface area (Å²) < 4.78 is 19.2. The molecule has 0 radical (unpaired) electrons. The van der Waals surface area contributed by atoms with Crippen molar-refractivity contribution in [2.24, 2.45) is 0 Å². The summed E-state index contributed by atoms with van der Waals surface area (Å²) in [5.74, 6) is -0.194. The van der Waals surface area contributed by atoms with Crippen LogP contribution in [0.15, 0.2) is 42.5 Å². The molecule has 1 N–H and O–H groups in total. The van der Waals surface area contributed by atoms with Crippen LogP contribution < -0.4 is 10.1 Å². The Morgan fingerprint density at radius 2 is 2.04 bits per heavy atom. The van der Waals surface area contributed by atoms with E-state index in [9.17, 15) is 9.18 Å². The van der Waals surface area contributed by atoms with Gasteiger partial charge in [0, 0.05) is 0 Å². The Bertz CT molecular complexity index is 861. The molecule has 3 aromatic rings. The third kappa shape index (κ3) is 4.76. The standard InChI is InChI=1S/C19H19FN2O2S/c1-2-3-4-13-5-10-16-17(11-13)25-19(21-16)22-18(23)12-24-15-8-6-14(20)7-9-15/h5-11H,2-4,12H2,1H3,(H,21,22,23). The Hall–Kier alpha value is -2.47. The number of benzene rings is 2. The quantitative estimate of drug-likeness (QED) is 0.660. The van der Waals surface area contributed by atoms with E-state index >= 15 is 0 Å². The molecule has 6 heteroatoms. The summed E-state index contributed by atoms with van der Waals surface area (Å²) in [5, 5.41) is 3.30. The number of ether oxygens (including phenoxy) is 1. The highest BCUT2D eigenvalue weighted by molar-refractivity contribution is 7.22. The van der Waals surface area contributed by atoms with Gasteiger partial charge in [-0.3, -0.25) is 10.1 Å². The monoisotopic (exact) mass is 358 g/mol. The van der Waals surface area contributed by atoms with Gasteiger partial charge in [0.2, 0.25) is 0 Å². The molecular formula is C19H19FN2O2S. The van der Waals surface area contributed by atoms with Crippen molar-refractivity contribution in [1.29, 1.82) is 0 Å². The number of thiazole rings is 1. The van der Waals surface area contributed by atoms with Gasteiger partial charge >= 0.3 is 0 Å². The molecule has 0 fully saturated rings. The van der Waals surface area contributed by atoms with Gasteiger partial charge in [-0.05, 0) is 54.8 Å². The Morgan fingerprint density at radius 3 is 2.80 bits per heavy atom. The highest BCUT2D eigenvalue weighted by Gasteiger charge is 2.09. The average molecular weight is 358 g/mol. The number of fused-ring (bicyclic) bond motifs is 1. The molecule has 4 nitrogen and oxygen atoms in total. The number of nitrogens with one attached hydrogen (secondary N) is 1. The molecule has 0 unspecified atom stereocenters. The van der Waals surface area contributed by atoms with Crippen LogP contribution in [0, 0.1) is 5.82 Å². The third-order valence-electron chi connectivity index (χ3n) is 3.70. The minimum absolute atomic E-state index is 0.149. The second-order valence-electron chi connectivity index (χ2n) is 5.72. The van der Waals surface area contributed by atoms with E-state index in [0.717, 1.165) is 29.5 Å². The normalized spacial score (nSPS) is 10.8. The largest absolute Gasteiger partial charge is 0.484 e. The van der Waals surface area contributed by atoms with Gasteiger partial charge < -0.3 is 4.74 Å². The molecule has 0 aliphatic heterocycles. The molecule has 0 bridgehead atoms. The van der Waals surface area contributed by atoms with Gasteiger partial charge in [0.15, 0.2) is 11.7 Å². The van der Waals surface area contributed by atoms with Gasteiger partial charge in [0.05, 0.1) is 10.2 Å². The Kier molecular flexibility index (Phi) is 5.60. The molecule has 2 aromatic carbocycles. The second-order valence-corrected chi connectivity index (χ2v) is 6.75. The lowest BCUT2D eigenvalue weighted by molar-refractivity contribution is -0.118. The lowest BCUT2D eigenvalue weighted by Gasteiger charge is -2.05. The van der Waals surface area contributed by atoms with Gasteiger partial charge in [0.1, 0.15) is 11.6 Å². The molecule has 0 atom stereocenters. The van der Waals surface area contributed by atoms with Crippen LogP contribution in [0.4, 0.5) is 9.52 Å². The molecule has 0 saturated heterocycles. The molecule has 3 rings (SSSR count). The summed E-state index contributed by atoms with van der Waals surface area (Å²) in [5.41, 5.74) is 2.16. The minimum atomic E-state index is -0.343. The van der Waals surface area contributed by atoms with Crippen LogP contribution in [0.3, 0.4) is 0 Å². The van der Waals surface area contributed by atoms with Crippen molar-refractivity contribution in [3.63, 3.8) is 0 Å². The zero-order valence-corrected chi connectivity index (χ0v) is 14.7. The van der Waals surface area contributed by atoms with Crippen molar-refractivity contribution in [1.82, 2.24) is 4.98 Å². The van der Waals surface area contributed by atoms with Gasteiger partial charge in [0.25, 0.3) is 5.91 Å². The predicted molar refractivity (Wildman–Crippen MR) is 98.8 cm³/mol. The highest BCUT2D eigenvalue weighted by atomic mass is 32.1. The summed E-state index contributed by atoms with van der Waals surface area (Å²) in [6.07, 6.45) is 3.38. The number of carbonyl (C=O) groups is 1. The number of nitrogens with zero attached hydrogens (tertiary/aromatic N) is 1. The van der Waals surface area contributed by atoms with Crippen LogP contribution in [0.2, 0.25) is 0 Å². The summed E-state index contributed by atoms with van der Waals surface area (Å²) in [7, 11) is 0. The molecule has 0 spiro atoms. The molecule has 0 aliphatic rings. The summed E-state index contributed by atoms with van der Waals surface area (Å²) in [6, 6.07) is 11.7. The molecule has 0 aliphatic carbocycles. The van der Waals surface area contributed by atoms with Gasteiger partial charge in [-0.2, -0.15) is 0 Å². The number of aromatic nitrogens is 1. The maximum absolute atomic E-state index is 12.8. The predicted octanol–water partition coefficient (Wildman–Crippen LogP) is 4.80. The zero-order chi connectivity index (χ0) is 17.6. The third-order valence-corrected chi connectivity index (χ3v) is 4.64. The summed E-state index contributed by atoms with van der Waals surface area (Å²) >= 11 is 1.45. The van der Waals surface area contributed by atoms with E-state index in [1.807, 2.05) is 6.07 Å². The smallest absolute Gasteiger partial charge is 0.264 e. The number of amides is 1. The van der Waals surface area contributed by atoms with Crippen LogP contribution in [0.25, 0.3) is 10.2 Å². The Labute approximate surface area is 149 Å².